The van der Waals surface area contributed by atoms with E-state index in [0.29, 0.717) is 16.8 Å². The lowest BCUT2D eigenvalue weighted by Gasteiger charge is -2.07. The van der Waals surface area contributed by atoms with Crippen molar-refractivity contribution in [2.75, 3.05) is 12.8 Å². The summed E-state index contributed by atoms with van der Waals surface area (Å²) in [5.41, 5.74) is 6.38. The number of fused-ring (bicyclic) bond motifs is 1. The number of rotatable bonds is 1. The smallest absolute Gasteiger partial charge is 0.126 e. The van der Waals surface area contributed by atoms with E-state index in [1.165, 1.54) is 12.1 Å². The summed E-state index contributed by atoms with van der Waals surface area (Å²) in [6, 6.07) is 7.95. The van der Waals surface area contributed by atoms with Crippen LogP contribution in [0.1, 0.15) is 0 Å². The quantitative estimate of drug-likeness (QED) is 0.703. The van der Waals surface area contributed by atoms with Gasteiger partial charge in [0.05, 0.1) is 7.11 Å². The van der Waals surface area contributed by atoms with Crippen LogP contribution in [0.2, 0.25) is 0 Å². The van der Waals surface area contributed by atoms with Gasteiger partial charge in [-0.1, -0.05) is 0 Å². The number of nitrogen functional groups attached to an aromatic ring is 1. The molecule has 0 aliphatic heterocycles. The highest BCUT2D eigenvalue weighted by molar-refractivity contribution is 5.97. The zero-order chi connectivity index (χ0) is 10.1. The molecule has 0 aromatic heterocycles. The van der Waals surface area contributed by atoms with Crippen molar-refractivity contribution in [2.45, 2.75) is 0 Å². The molecule has 0 aliphatic rings. The molecule has 0 saturated heterocycles. The molecule has 0 heterocycles. The Morgan fingerprint density at radius 2 is 1.93 bits per heavy atom. The number of anilines is 1. The minimum absolute atomic E-state index is 0.290. The van der Waals surface area contributed by atoms with Crippen molar-refractivity contribution in [1.29, 1.82) is 0 Å². The van der Waals surface area contributed by atoms with Gasteiger partial charge in [-0.2, -0.15) is 0 Å². The molecule has 0 bridgehead atoms. The summed E-state index contributed by atoms with van der Waals surface area (Å²) in [6.07, 6.45) is 0. The number of halogens is 1. The maximum atomic E-state index is 13.0. The summed E-state index contributed by atoms with van der Waals surface area (Å²) in [4.78, 5) is 0. The standard InChI is InChI=1S/C11H10FNO/c1-14-11-5-4-10(13)8-3-2-7(12)6-9(8)11/h2-6H,13H2,1H3. The first-order valence-electron chi connectivity index (χ1n) is 4.24. The monoisotopic (exact) mass is 191 g/mol. The third kappa shape index (κ3) is 1.27. The zero-order valence-corrected chi connectivity index (χ0v) is 7.75. The summed E-state index contributed by atoms with van der Waals surface area (Å²) in [5.74, 6) is 0.343. The summed E-state index contributed by atoms with van der Waals surface area (Å²) in [7, 11) is 1.55. The first-order valence-corrected chi connectivity index (χ1v) is 4.24. The van der Waals surface area contributed by atoms with E-state index in [9.17, 15) is 4.39 Å². The summed E-state index contributed by atoms with van der Waals surface area (Å²) >= 11 is 0. The normalized spacial score (nSPS) is 10.4. The molecule has 0 radical (unpaired) electrons. The van der Waals surface area contributed by atoms with E-state index < -0.39 is 0 Å². The molecule has 0 spiro atoms. The van der Waals surface area contributed by atoms with Crippen LogP contribution < -0.4 is 10.5 Å². The van der Waals surface area contributed by atoms with Crippen LogP contribution in [0.25, 0.3) is 10.8 Å². The third-order valence-corrected chi connectivity index (χ3v) is 2.19. The van der Waals surface area contributed by atoms with Crippen LogP contribution >= 0.6 is 0 Å². The van der Waals surface area contributed by atoms with E-state index in [0.717, 1.165) is 5.39 Å². The Bertz CT molecular complexity index is 482. The lowest BCUT2D eigenvalue weighted by atomic mass is 10.1. The molecule has 2 rings (SSSR count). The third-order valence-electron chi connectivity index (χ3n) is 2.19. The zero-order valence-electron chi connectivity index (χ0n) is 7.75. The van der Waals surface area contributed by atoms with Crippen LogP contribution in [-0.2, 0) is 0 Å². The van der Waals surface area contributed by atoms with Gasteiger partial charge in [-0.15, -0.1) is 0 Å². The molecule has 14 heavy (non-hydrogen) atoms. The highest BCUT2D eigenvalue weighted by Gasteiger charge is 2.04. The Labute approximate surface area is 81.1 Å². The average molecular weight is 191 g/mol. The van der Waals surface area contributed by atoms with Crippen LogP contribution in [0.15, 0.2) is 30.3 Å². The Morgan fingerprint density at radius 1 is 1.14 bits per heavy atom. The van der Waals surface area contributed by atoms with E-state index in [4.69, 9.17) is 10.5 Å². The maximum absolute atomic E-state index is 13.0. The van der Waals surface area contributed by atoms with Crippen molar-refractivity contribution >= 4 is 16.5 Å². The van der Waals surface area contributed by atoms with Crippen LogP contribution in [0.4, 0.5) is 10.1 Å². The topological polar surface area (TPSA) is 35.2 Å². The van der Waals surface area contributed by atoms with E-state index in [1.807, 2.05) is 0 Å². The van der Waals surface area contributed by atoms with Crippen LogP contribution in [0.3, 0.4) is 0 Å². The van der Waals surface area contributed by atoms with Crippen molar-refractivity contribution in [3.8, 4) is 5.75 Å². The second-order valence-corrected chi connectivity index (χ2v) is 3.05. The first kappa shape index (κ1) is 8.81. The molecule has 2 N–H and O–H groups in total. The number of ether oxygens (including phenoxy) is 1. The molecule has 2 nitrogen and oxygen atoms in total. The Kier molecular flexibility index (Phi) is 2.00. The number of nitrogens with two attached hydrogens (primary N) is 1. The SMILES string of the molecule is COc1ccc(N)c2ccc(F)cc12. The van der Waals surface area contributed by atoms with Gasteiger partial charge in [0.15, 0.2) is 0 Å². The van der Waals surface area contributed by atoms with Gasteiger partial charge >= 0.3 is 0 Å². The van der Waals surface area contributed by atoms with Gasteiger partial charge in [-0.05, 0) is 30.3 Å². The van der Waals surface area contributed by atoms with Gasteiger partial charge in [0.1, 0.15) is 11.6 Å². The van der Waals surface area contributed by atoms with E-state index in [1.54, 1.807) is 25.3 Å². The molecule has 3 heteroatoms. The molecule has 0 saturated carbocycles. The van der Waals surface area contributed by atoms with Crippen molar-refractivity contribution in [2.24, 2.45) is 0 Å². The molecular formula is C11H10FNO. The molecule has 0 atom stereocenters. The first-order chi connectivity index (χ1) is 6.72. The average Bonchev–Trinajstić information content (AvgIpc) is 2.18. The van der Waals surface area contributed by atoms with Crippen molar-refractivity contribution in [1.82, 2.24) is 0 Å². The molecule has 0 unspecified atom stereocenters. The summed E-state index contributed by atoms with van der Waals surface area (Å²) in [6.45, 7) is 0. The van der Waals surface area contributed by atoms with Gasteiger partial charge in [0.2, 0.25) is 0 Å². The molecule has 0 aliphatic carbocycles. The number of hydrogen-bond acceptors (Lipinski definition) is 2. The molecule has 2 aromatic carbocycles. The minimum Gasteiger partial charge on any atom is -0.496 e. The second kappa shape index (κ2) is 3.18. The fourth-order valence-corrected chi connectivity index (χ4v) is 1.50. The number of benzene rings is 2. The molecule has 72 valence electrons. The lowest BCUT2D eigenvalue weighted by Crippen LogP contribution is -1.91. The van der Waals surface area contributed by atoms with Crippen molar-refractivity contribution in [3.63, 3.8) is 0 Å². The molecule has 0 amide bonds. The highest BCUT2D eigenvalue weighted by Crippen LogP contribution is 2.30. The highest BCUT2D eigenvalue weighted by atomic mass is 19.1. The predicted octanol–water partition coefficient (Wildman–Crippen LogP) is 2.57. The van der Waals surface area contributed by atoms with Gasteiger partial charge in [0, 0.05) is 16.5 Å². The Balaban J connectivity index is 2.85. The van der Waals surface area contributed by atoms with E-state index >= 15 is 0 Å². The predicted molar refractivity (Wildman–Crippen MR) is 54.9 cm³/mol. The summed E-state index contributed by atoms with van der Waals surface area (Å²) in [5, 5.41) is 1.51. The number of hydrogen-bond donors (Lipinski definition) is 1. The van der Waals surface area contributed by atoms with Crippen molar-refractivity contribution < 1.29 is 9.13 Å². The van der Waals surface area contributed by atoms with Gasteiger partial charge in [-0.25, -0.2) is 4.39 Å². The second-order valence-electron chi connectivity index (χ2n) is 3.05. The van der Waals surface area contributed by atoms with Crippen LogP contribution in [0, 0.1) is 5.82 Å². The van der Waals surface area contributed by atoms with Crippen LogP contribution in [-0.4, -0.2) is 7.11 Å². The molecular weight excluding hydrogens is 181 g/mol. The molecule has 2 aromatic rings. The van der Waals surface area contributed by atoms with Crippen molar-refractivity contribution in [3.05, 3.63) is 36.1 Å². The summed E-state index contributed by atoms with van der Waals surface area (Å²) < 4.78 is 18.1. The fraction of sp³-hybridized carbons (Fsp3) is 0.0909. The lowest BCUT2D eigenvalue weighted by molar-refractivity contribution is 0.419. The fourth-order valence-electron chi connectivity index (χ4n) is 1.50. The number of methoxy groups -OCH3 is 1. The Hall–Kier alpha value is -1.77. The Morgan fingerprint density at radius 3 is 2.64 bits per heavy atom. The van der Waals surface area contributed by atoms with E-state index in [-0.39, 0.29) is 5.82 Å². The van der Waals surface area contributed by atoms with Gasteiger partial charge in [0.25, 0.3) is 0 Å². The molecule has 0 fully saturated rings. The van der Waals surface area contributed by atoms with Gasteiger partial charge < -0.3 is 10.5 Å². The maximum Gasteiger partial charge on any atom is 0.126 e. The largest absolute Gasteiger partial charge is 0.496 e. The van der Waals surface area contributed by atoms with Crippen LogP contribution in [0.5, 0.6) is 5.75 Å². The van der Waals surface area contributed by atoms with Gasteiger partial charge in [-0.3, -0.25) is 0 Å². The minimum atomic E-state index is -0.290. The van der Waals surface area contributed by atoms with E-state index in [2.05, 4.69) is 0 Å².